The number of nitrogens with zero attached hydrogens (tertiary/aromatic N) is 2. The Morgan fingerprint density at radius 2 is 1.95 bits per heavy atom. The van der Waals surface area contributed by atoms with Gasteiger partial charge in [-0.25, -0.2) is 0 Å². The highest BCUT2D eigenvalue weighted by molar-refractivity contribution is 5.43. The van der Waals surface area contributed by atoms with Crippen LogP contribution in [0.1, 0.15) is 30.3 Å². The third-order valence-corrected chi connectivity index (χ3v) is 3.09. The number of ether oxygens (including phenoxy) is 2. The van der Waals surface area contributed by atoms with Crippen LogP contribution in [-0.2, 0) is 6.42 Å². The van der Waals surface area contributed by atoms with E-state index in [1.807, 2.05) is 32.2 Å². The molecule has 108 valence electrons. The normalized spacial score (nSPS) is 12.2. The van der Waals surface area contributed by atoms with Gasteiger partial charge in [0.05, 0.1) is 26.7 Å². The fourth-order valence-corrected chi connectivity index (χ4v) is 1.80. The van der Waals surface area contributed by atoms with Gasteiger partial charge in [0.25, 0.3) is 0 Å². The van der Waals surface area contributed by atoms with Crippen molar-refractivity contribution in [3.8, 4) is 11.5 Å². The number of rotatable bonds is 6. The Balaban J connectivity index is 2.15. The Hall–Kier alpha value is -2.08. The molecule has 0 aliphatic rings. The summed E-state index contributed by atoms with van der Waals surface area (Å²) in [5, 5.41) is 11.1. The van der Waals surface area contributed by atoms with E-state index in [0.717, 1.165) is 5.56 Å². The third-order valence-electron chi connectivity index (χ3n) is 3.09. The molecule has 0 spiro atoms. The maximum Gasteiger partial charge on any atom is 0.233 e. The van der Waals surface area contributed by atoms with Crippen LogP contribution in [0.3, 0.4) is 0 Å². The molecule has 0 aliphatic carbocycles. The fourth-order valence-electron chi connectivity index (χ4n) is 1.80. The Bertz CT molecular complexity index is 569. The van der Waals surface area contributed by atoms with Gasteiger partial charge >= 0.3 is 0 Å². The largest absolute Gasteiger partial charge is 0.493 e. The molecule has 1 heterocycles. The van der Waals surface area contributed by atoms with Crippen LogP contribution in [0.15, 0.2) is 22.6 Å². The molecule has 6 heteroatoms. The Morgan fingerprint density at radius 3 is 2.60 bits per heavy atom. The average Bonchev–Trinajstić information content (AvgIpc) is 2.94. The SMILES string of the molecule is CNC(C)c1nnc(Cc2ccc(OC)c(OC)c2)o1. The summed E-state index contributed by atoms with van der Waals surface area (Å²) in [6.07, 6.45) is 0.559. The van der Waals surface area contributed by atoms with Gasteiger partial charge in [-0.1, -0.05) is 6.07 Å². The van der Waals surface area contributed by atoms with Crippen molar-refractivity contribution < 1.29 is 13.9 Å². The zero-order valence-electron chi connectivity index (χ0n) is 12.1. The van der Waals surface area contributed by atoms with Gasteiger partial charge in [-0.2, -0.15) is 0 Å². The first kappa shape index (κ1) is 14.3. The van der Waals surface area contributed by atoms with Crippen molar-refractivity contribution in [2.75, 3.05) is 21.3 Å². The molecule has 0 saturated heterocycles. The topological polar surface area (TPSA) is 69.4 Å². The molecule has 0 amide bonds. The van der Waals surface area contributed by atoms with Crippen molar-refractivity contribution in [1.82, 2.24) is 15.5 Å². The average molecular weight is 277 g/mol. The zero-order valence-corrected chi connectivity index (χ0v) is 12.1. The van der Waals surface area contributed by atoms with E-state index in [-0.39, 0.29) is 6.04 Å². The minimum atomic E-state index is 0.0432. The van der Waals surface area contributed by atoms with Gasteiger partial charge in [0, 0.05) is 0 Å². The van der Waals surface area contributed by atoms with Crippen molar-refractivity contribution >= 4 is 0 Å². The van der Waals surface area contributed by atoms with E-state index in [9.17, 15) is 0 Å². The second kappa shape index (κ2) is 6.38. The lowest BCUT2D eigenvalue weighted by molar-refractivity contribution is 0.354. The van der Waals surface area contributed by atoms with Crippen LogP contribution in [0.25, 0.3) is 0 Å². The third kappa shape index (κ3) is 3.08. The molecular formula is C14H19N3O3. The molecule has 0 bridgehead atoms. The number of aromatic nitrogens is 2. The van der Waals surface area contributed by atoms with Crippen molar-refractivity contribution in [2.24, 2.45) is 0 Å². The summed E-state index contributed by atoms with van der Waals surface area (Å²) in [4.78, 5) is 0. The summed E-state index contributed by atoms with van der Waals surface area (Å²) in [6.45, 7) is 1.97. The lowest BCUT2D eigenvalue weighted by Crippen LogP contribution is -2.12. The van der Waals surface area contributed by atoms with E-state index in [4.69, 9.17) is 13.9 Å². The first-order chi connectivity index (χ1) is 9.67. The second-order valence-electron chi connectivity index (χ2n) is 4.41. The van der Waals surface area contributed by atoms with E-state index in [2.05, 4.69) is 15.5 Å². The van der Waals surface area contributed by atoms with E-state index in [0.29, 0.717) is 29.7 Å². The van der Waals surface area contributed by atoms with Gasteiger partial charge in [0.2, 0.25) is 11.8 Å². The molecule has 0 aliphatic heterocycles. The number of methoxy groups -OCH3 is 2. The van der Waals surface area contributed by atoms with E-state index >= 15 is 0 Å². The molecule has 0 saturated carbocycles. The van der Waals surface area contributed by atoms with E-state index in [1.54, 1.807) is 14.2 Å². The molecule has 0 radical (unpaired) electrons. The molecule has 1 atom stereocenters. The molecule has 6 nitrogen and oxygen atoms in total. The lowest BCUT2D eigenvalue weighted by atomic mass is 10.1. The highest BCUT2D eigenvalue weighted by atomic mass is 16.5. The summed E-state index contributed by atoms with van der Waals surface area (Å²) in [5.74, 6) is 2.55. The van der Waals surface area contributed by atoms with Crippen molar-refractivity contribution in [1.29, 1.82) is 0 Å². The summed E-state index contributed by atoms with van der Waals surface area (Å²) in [7, 11) is 5.07. The number of nitrogens with one attached hydrogen (secondary N) is 1. The molecule has 2 rings (SSSR count). The predicted octanol–water partition coefficient (Wildman–Crippen LogP) is 1.96. The molecule has 1 N–H and O–H groups in total. The lowest BCUT2D eigenvalue weighted by Gasteiger charge is -2.08. The fraction of sp³-hybridized carbons (Fsp3) is 0.429. The first-order valence-corrected chi connectivity index (χ1v) is 6.38. The van der Waals surface area contributed by atoms with Crippen LogP contribution in [0.5, 0.6) is 11.5 Å². The van der Waals surface area contributed by atoms with E-state index < -0.39 is 0 Å². The summed E-state index contributed by atoms with van der Waals surface area (Å²) >= 11 is 0. The smallest absolute Gasteiger partial charge is 0.233 e. The number of hydrogen-bond acceptors (Lipinski definition) is 6. The zero-order chi connectivity index (χ0) is 14.5. The quantitative estimate of drug-likeness (QED) is 0.870. The maximum absolute atomic E-state index is 5.61. The Labute approximate surface area is 118 Å². The van der Waals surface area contributed by atoms with Gasteiger partial charge < -0.3 is 19.2 Å². The van der Waals surface area contributed by atoms with Crippen molar-refractivity contribution in [3.63, 3.8) is 0 Å². The Morgan fingerprint density at radius 1 is 1.20 bits per heavy atom. The second-order valence-corrected chi connectivity index (χ2v) is 4.41. The molecular weight excluding hydrogens is 258 g/mol. The van der Waals surface area contributed by atoms with Gasteiger partial charge in [0.1, 0.15) is 0 Å². The standard InChI is InChI=1S/C14H19N3O3/c1-9(15-2)14-17-16-13(20-14)8-10-5-6-11(18-3)12(7-10)19-4/h5-7,9,15H,8H2,1-4H3. The molecule has 2 aromatic rings. The highest BCUT2D eigenvalue weighted by Gasteiger charge is 2.13. The van der Waals surface area contributed by atoms with Crippen LogP contribution in [0.4, 0.5) is 0 Å². The van der Waals surface area contributed by atoms with Crippen molar-refractivity contribution in [2.45, 2.75) is 19.4 Å². The summed E-state index contributed by atoms with van der Waals surface area (Å²) < 4.78 is 16.1. The summed E-state index contributed by atoms with van der Waals surface area (Å²) in [5.41, 5.74) is 1.02. The molecule has 20 heavy (non-hydrogen) atoms. The minimum absolute atomic E-state index is 0.0432. The number of benzene rings is 1. The van der Waals surface area contributed by atoms with Gasteiger partial charge in [-0.05, 0) is 31.7 Å². The first-order valence-electron chi connectivity index (χ1n) is 6.38. The Kier molecular flexibility index (Phi) is 4.57. The minimum Gasteiger partial charge on any atom is -0.493 e. The predicted molar refractivity (Wildman–Crippen MR) is 74.1 cm³/mol. The number of hydrogen-bond donors (Lipinski definition) is 1. The maximum atomic E-state index is 5.61. The molecule has 1 aromatic carbocycles. The van der Waals surface area contributed by atoms with Gasteiger partial charge in [0.15, 0.2) is 11.5 Å². The summed E-state index contributed by atoms with van der Waals surface area (Å²) in [6, 6.07) is 5.76. The van der Waals surface area contributed by atoms with E-state index in [1.165, 1.54) is 0 Å². The molecule has 1 unspecified atom stereocenters. The molecule has 1 aromatic heterocycles. The molecule has 0 fully saturated rings. The van der Waals surface area contributed by atoms with Gasteiger partial charge in [-0.15, -0.1) is 10.2 Å². The van der Waals surface area contributed by atoms with Crippen LogP contribution >= 0.6 is 0 Å². The monoisotopic (exact) mass is 277 g/mol. The van der Waals surface area contributed by atoms with Gasteiger partial charge in [-0.3, -0.25) is 0 Å². The van der Waals surface area contributed by atoms with Crippen molar-refractivity contribution in [3.05, 3.63) is 35.5 Å². The van der Waals surface area contributed by atoms with Crippen LogP contribution in [0.2, 0.25) is 0 Å². The highest BCUT2D eigenvalue weighted by Crippen LogP contribution is 2.28. The van der Waals surface area contributed by atoms with Crippen LogP contribution in [0, 0.1) is 0 Å². The van der Waals surface area contributed by atoms with Crippen LogP contribution in [-0.4, -0.2) is 31.5 Å². The van der Waals surface area contributed by atoms with Crippen LogP contribution < -0.4 is 14.8 Å².